The predicted octanol–water partition coefficient (Wildman–Crippen LogP) is 2.12. The van der Waals surface area contributed by atoms with E-state index in [-0.39, 0.29) is 11.4 Å². The molecule has 1 spiro atoms. The van der Waals surface area contributed by atoms with Crippen LogP contribution in [0.15, 0.2) is 0 Å². The molecule has 0 aliphatic carbocycles. The highest BCUT2D eigenvalue weighted by Gasteiger charge is 2.43. The van der Waals surface area contributed by atoms with Crippen LogP contribution in [0.4, 0.5) is 0 Å². The van der Waals surface area contributed by atoms with Gasteiger partial charge < -0.3 is 9.80 Å². The smallest absolute Gasteiger partial charge is 0.219 e. The molecule has 94 valence electrons. The second-order valence-electron chi connectivity index (χ2n) is 4.80. The summed E-state index contributed by atoms with van der Waals surface area (Å²) in [6, 6.07) is 0. The number of likely N-dealkylation sites (tertiary alicyclic amines) is 2. The van der Waals surface area contributed by atoms with Crippen LogP contribution < -0.4 is 0 Å². The van der Waals surface area contributed by atoms with Crippen LogP contribution in [0.25, 0.3) is 0 Å². The predicted molar refractivity (Wildman–Crippen MR) is 67.4 cm³/mol. The molecule has 2 heterocycles. The summed E-state index contributed by atoms with van der Waals surface area (Å²) in [6.45, 7) is 8.98. The molecule has 0 unspecified atom stereocenters. The zero-order valence-corrected chi connectivity index (χ0v) is 11.3. The Morgan fingerprint density at radius 3 is 2.12 bits per heavy atom. The van der Waals surface area contributed by atoms with Crippen LogP contribution in [0.2, 0.25) is 0 Å². The minimum atomic E-state index is 0.234. The molecule has 1 amide bonds. The number of carbonyl (C=O) groups is 1. The third-order valence-electron chi connectivity index (χ3n) is 3.89. The van der Waals surface area contributed by atoms with Crippen LogP contribution in [-0.2, 0) is 4.79 Å². The minimum Gasteiger partial charge on any atom is -0.337 e. The highest BCUT2D eigenvalue weighted by Crippen LogP contribution is 2.37. The standard InChI is InChI=1S/C11H20N2O.C2H6/c1-10(14)13-7-3-4-11(13)5-8-12(2)9-6-11;1-2/h3-9H2,1-2H3;1-2H3. The Kier molecular flexibility index (Phi) is 4.78. The second kappa shape index (κ2) is 5.67. The van der Waals surface area contributed by atoms with Crippen molar-refractivity contribution in [2.45, 2.75) is 52.0 Å². The fourth-order valence-corrected chi connectivity index (χ4v) is 2.98. The van der Waals surface area contributed by atoms with Crippen LogP contribution in [0.1, 0.15) is 46.5 Å². The summed E-state index contributed by atoms with van der Waals surface area (Å²) in [5.41, 5.74) is 0.234. The van der Waals surface area contributed by atoms with Gasteiger partial charge in [0.15, 0.2) is 0 Å². The molecule has 0 aromatic carbocycles. The summed E-state index contributed by atoms with van der Waals surface area (Å²) >= 11 is 0. The molecule has 0 atom stereocenters. The first-order valence-corrected chi connectivity index (χ1v) is 6.61. The molecule has 2 aliphatic rings. The number of hydrogen-bond acceptors (Lipinski definition) is 2. The molecule has 2 rings (SSSR count). The maximum atomic E-state index is 11.5. The number of amides is 1. The number of carbonyl (C=O) groups excluding carboxylic acids is 1. The lowest BCUT2D eigenvalue weighted by Crippen LogP contribution is -2.52. The lowest BCUT2D eigenvalue weighted by Gasteiger charge is -2.43. The van der Waals surface area contributed by atoms with E-state index in [4.69, 9.17) is 0 Å². The van der Waals surface area contributed by atoms with Crippen molar-refractivity contribution < 1.29 is 4.79 Å². The molecule has 0 aromatic heterocycles. The van der Waals surface area contributed by atoms with E-state index in [2.05, 4.69) is 16.8 Å². The second-order valence-corrected chi connectivity index (χ2v) is 4.80. The Morgan fingerprint density at radius 2 is 1.62 bits per heavy atom. The first-order chi connectivity index (χ1) is 7.64. The van der Waals surface area contributed by atoms with Gasteiger partial charge >= 0.3 is 0 Å². The van der Waals surface area contributed by atoms with Crippen molar-refractivity contribution in [2.24, 2.45) is 0 Å². The normalized spacial score (nSPS) is 24.1. The van der Waals surface area contributed by atoms with Gasteiger partial charge in [0.05, 0.1) is 0 Å². The van der Waals surface area contributed by atoms with Crippen molar-refractivity contribution >= 4 is 5.91 Å². The van der Waals surface area contributed by atoms with Gasteiger partial charge in [0.25, 0.3) is 0 Å². The van der Waals surface area contributed by atoms with Crippen molar-refractivity contribution in [1.82, 2.24) is 9.80 Å². The molecule has 3 heteroatoms. The number of piperidine rings is 1. The first-order valence-electron chi connectivity index (χ1n) is 6.61. The molecule has 3 nitrogen and oxygen atoms in total. The summed E-state index contributed by atoms with van der Waals surface area (Å²) in [5, 5.41) is 0. The van der Waals surface area contributed by atoms with Crippen LogP contribution in [0, 0.1) is 0 Å². The van der Waals surface area contributed by atoms with Gasteiger partial charge in [0.2, 0.25) is 5.91 Å². The quantitative estimate of drug-likeness (QED) is 0.631. The van der Waals surface area contributed by atoms with Crippen LogP contribution in [0.3, 0.4) is 0 Å². The summed E-state index contributed by atoms with van der Waals surface area (Å²) < 4.78 is 0. The van der Waals surface area contributed by atoms with Crippen LogP contribution >= 0.6 is 0 Å². The average Bonchev–Trinajstić information content (AvgIpc) is 2.70. The summed E-state index contributed by atoms with van der Waals surface area (Å²) in [6.07, 6.45) is 4.76. The summed E-state index contributed by atoms with van der Waals surface area (Å²) in [7, 11) is 2.17. The monoisotopic (exact) mass is 226 g/mol. The molecular weight excluding hydrogens is 200 g/mol. The summed E-state index contributed by atoms with van der Waals surface area (Å²) in [4.78, 5) is 16.0. The van der Waals surface area contributed by atoms with Crippen molar-refractivity contribution in [2.75, 3.05) is 26.7 Å². The summed E-state index contributed by atoms with van der Waals surface area (Å²) in [5.74, 6) is 0.270. The van der Waals surface area contributed by atoms with E-state index < -0.39 is 0 Å². The van der Waals surface area contributed by atoms with E-state index in [1.165, 1.54) is 25.7 Å². The molecule has 16 heavy (non-hydrogen) atoms. The SMILES string of the molecule is CC.CC(=O)N1CCCC12CCN(C)CC2. The third-order valence-corrected chi connectivity index (χ3v) is 3.89. The zero-order chi connectivity index (χ0) is 12.2. The maximum Gasteiger partial charge on any atom is 0.219 e. The van der Waals surface area contributed by atoms with E-state index in [9.17, 15) is 4.79 Å². The number of hydrogen-bond donors (Lipinski definition) is 0. The third kappa shape index (κ3) is 2.57. The van der Waals surface area contributed by atoms with Gasteiger partial charge in [-0.15, -0.1) is 0 Å². The lowest BCUT2D eigenvalue weighted by atomic mass is 9.85. The van der Waals surface area contributed by atoms with E-state index in [1.807, 2.05) is 13.8 Å². The van der Waals surface area contributed by atoms with E-state index >= 15 is 0 Å². The van der Waals surface area contributed by atoms with E-state index in [1.54, 1.807) is 6.92 Å². The Morgan fingerprint density at radius 1 is 1.06 bits per heavy atom. The van der Waals surface area contributed by atoms with Gasteiger partial charge in [-0.2, -0.15) is 0 Å². The molecule has 0 aromatic rings. The van der Waals surface area contributed by atoms with Crippen molar-refractivity contribution in [3.8, 4) is 0 Å². The van der Waals surface area contributed by atoms with Gasteiger partial charge in [-0.3, -0.25) is 4.79 Å². The molecule has 0 N–H and O–H groups in total. The fourth-order valence-electron chi connectivity index (χ4n) is 2.98. The minimum absolute atomic E-state index is 0.234. The maximum absolute atomic E-state index is 11.5. The van der Waals surface area contributed by atoms with Gasteiger partial charge in [-0.25, -0.2) is 0 Å². The Balaban J connectivity index is 0.000000606. The highest BCUT2D eigenvalue weighted by atomic mass is 16.2. The van der Waals surface area contributed by atoms with Crippen molar-refractivity contribution in [3.05, 3.63) is 0 Å². The van der Waals surface area contributed by atoms with E-state index in [0.717, 1.165) is 19.6 Å². The Bertz CT molecular complexity index is 232. The average molecular weight is 226 g/mol. The highest BCUT2D eigenvalue weighted by molar-refractivity contribution is 5.74. The van der Waals surface area contributed by atoms with Gasteiger partial charge in [-0.05, 0) is 32.7 Å². The lowest BCUT2D eigenvalue weighted by molar-refractivity contribution is -0.134. The van der Waals surface area contributed by atoms with Crippen molar-refractivity contribution in [1.29, 1.82) is 0 Å². The number of rotatable bonds is 0. The Labute approximate surface area is 99.8 Å². The van der Waals surface area contributed by atoms with Gasteiger partial charge in [-0.1, -0.05) is 13.8 Å². The number of nitrogens with zero attached hydrogens (tertiary/aromatic N) is 2. The first kappa shape index (κ1) is 13.5. The van der Waals surface area contributed by atoms with Crippen LogP contribution in [-0.4, -0.2) is 47.9 Å². The largest absolute Gasteiger partial charge is 0.337 e. The molecule has 2 aliphatic heterocycles. The molecule has 2 fully saturated rings. The molecular formula is C13H26N2O. The Hall–Kier alpha value is -0.570. The van der Waals surface area contributed by atoms with Crippen molar-refractivity contribution in [3.63, 3.8) is 0 Å². The molecule has 0 bridgehead atoms. The van der Waals surface area contributed by atoms with Crippen LogP contribution in [0.5, 0.6) is 0 Å². The van der Waals surface area contributed by atoms with Gasteiger partial charge in [0.1, 0.15) is 0 Å². The molecule has 2 saturated heterocycles. The molecule has 0 radical (unpaired) electrons. The zero-order valence-electron chi connectivity index (χ0n) is 11.3. The fraction of sp³-hybridized carbons (Fsp3) is 0.923. The molecule has 0 saturated carbocycles. The topological polar surface area (TPSA) is 23.6 Å². The van der Waals surface area contributed by atoms with E-state index in [0.29, 0.717) is 0 Å². The van der Waals surface area contributed by atoms with Gasteiger partial charge in [0, 0.05) is 32.1 Å².